The zero-order chi connectivity index (χ0) is 13.5. The number of nitrogens with zero attached hydrogens (tertiary/aromatic N) is 1. The van der Waals surface area contributed by atoms with E-state index in [-0.39, 0.29) is 17.9 Å². The van der Waals surface area contributed by atoms with Gasteiger partial charge in [0.25, 0.3) is 0 Å². The summed E-state index contributed by atoms with van der Waals surface area (Å²) in [6, 6.07) is 3.98. The second-order valence-electron chi connectivity index (χ2n) is 5.27. The van der Waals surface area contributed by atoms with Crippen LogP contribution < -0.4 is 5.32 Å². The summed E-state index contributed by atoms with van der Waals surface area (Å²) in [6.07, 6.45) is 8.51. The number of rotatable bonds is 5. The van der Waals surface area contributed by atoms with Gasteiger partial charge in [-0.1, -0.05) is 12.5 Å². The van der Waals surface area contributed by atoms with Crippen LogP contribution in [0.2, 0.25) is 0 Å². The van der Waals surface area contributed by atoms with E-state index in [1.54, 1.807) is 6.20 Å². The van der Waals surface area contributed by atoms with E-state index in [9.17, 15) is 9.90 Å². The normalized spacial score (nSPS) is 23.0. The first-order valence-electron chi connectivity index (χ1n) is 7.10. The van der Waals surface area contributed by atoms with E-state index < -0.39 is 0 Å². The lowest BCUT2D eigenvalue weighted by molar-refractivity contribution is -0.127. The Morgan fingerprint density at radius 3 is 3.11 bits per heavy atom. The fraction of sp³-hybridized carbons (Fsp3) is 0.600. The van der Waals surface area contributed by atoms with Crippen LogP contribution in [-0.2, 0) is 11.2 Å². The molecule has 2 rings (SSSR count). The molecule has 2 N–H and O–H groups in total. The monoisotopic (exact) mass is 262 g/mol. The van der Waals surface area contributed by atoms with E-state index in [1.807, 2.05) is 18.3 Å². The first-order valence-corrected chi connectivity index (χ1v) is 7.10. The third kappa shape index (κ3) is 4.63. The number of amides is 1. The second-order valence-corrected chi connectivity index (χ2v) is 5.27. The number of aromatic nitrogens is 1. The first kappa shape index (κ1) is 14.0. The van der Waals surface area contributed by atoms with Crippen LogP contribution >= 0.6 is 0 Å². The number of pyridine rings is 1. The van der Waals surface area contributed by atoms with Gasteiger partial charge in [0, 0.05) is 24.9 Å². The van der Waals surface area contributed by atoms with Gasteiger partial charge in [-0.15, -0.1) is 0 Å². The highest BCUT2D eigenvalue weighted by molar-refractivity contribution is 5.78. The summed E-state index contributed by atoms with van der Waals surface area (Å²) in [6.45, 7) is 0.695. The third-order valence-electron chi connectivity index (χ3n) is 3.68. The number of nitrogens with one attached hydrogen (secondary N) is 1. The lowest BCUT2D eigenvalue weighted by atomic mass is 9.87. The lowest BCUT2D eigenvalue weighted by Gasteiger charge is -2.24. The van der Waals surface area contributed by atoms with Gasteiger partial charge >= 0.3 is 0 Å². The second kappa shape index (κ2) is 7.24. The topological polar surface area (TPSA) is 62.2 Å². The minimum Gasteiger partial charge on any atom is -0.393 e. The Morgan fingerprint density at radius 1 is 1.47 bits per heavy atom. The van der Waals surface area contributed by atoms with Gasteiger partial charge in [-0.25, -0.2) is 0 Å². The number of carbonyl (C=O) groups excluding carboxylic acids is 1. The Bertz CT molecular complexity index is 394. The van der Waals surface area contributed by atoms with Crippen LogP contribution in [0.4, 0.5) is 0 Å². The molecule has 1 fully saturated rings. The molecule has 4 nitrogen and oxygen atoms in total. The summed E-state index contributed by atoms with van der Waals surface area (Å²) in [5, 5.41) is 12.5. The van der Waals surface area contributed by atoms with Gasteiger partial charge in [-0.2, -0.15) is 0 Å². The van der Waals surface area contributed by atoms with Crippen LogP contribution in [0, 0.1) is 5.92 Å². The Kier molecular flexibility index (Phi) is 5.33. The molecule has 1 aromatic rings. The number of aliphatic hydroxyl groups excluding tert-OH is 1. The van der Waals surface area contributed by atoms with E-state index in [4.69, 9.17) is 0 Å². The van der Waals surface area contributed by atoms with Crippen LogP contribution in [0.25, 0.3) is 0 Å². The quantitative estimate of drug-likeness (QED) is 0.794. The average molecular weight is 262 g/mol. The molecule has 2 atom stereocenters. The van der Waals surface area contributed by atoms with Crippen LogP contribution in [-0.4, -0.2) is 28.6 Å². The third-order valence-corrected chi connectivity index (χ3v) is 3.68. The zero-order valence-electron chi connectivity index (χ0n) is 11.2. The molecule has 0 aliphatic heterocycles. The van der Waals surface area contributed by atoms with Gasteiger partial charge in [0.2, 0.25) is 5.91 Å². The fourth-order valence-corrected chi connectivity index (χ4v) is 2.60. The summed E-state index contributed by atoms with van der Waals surface area (Å²) in [5.74, 6) is 0.104. The van der Waals surface area contributed by atoms with Gasteiger partial charge in [-0.05, 0) is 43.7 Å². The fourth-order valence-electron chi connectivity index (χ4n) is 2.60. The smallest absolute Gasteiger partial charge is 0.223 e. The minimum absolute atomic E-state index is 0.00198. The molecule has 19 heavy (non-hydrogen) atoms. The van der Waals surface area contributed by atoms with Gasteiger partial charge in [-0.3, -0.25) is 9.78 Å². The molecule has 0 unspecified atom stereocenters. The molecule has 0 aromatic carbocycles. The van der Waals surface area contributed by atoms with Crippen LogP contribution in [0.15, 0.2) is 24.5 Å². The maximum atomic E-state index is 11.9. The summed E-state index contributed by atoms with van der Waals surface area (Å²) < 4.78 is 0. The standard InChI is InChI=1S/C15H22N2O2/c18-14-7-1-6-13(10-14)15(19)17-9-3-5-12-4-2-8-16-11-12/h2,4,8,11,13-14,18H,1,3,5-7,9-10H2,(H,17,19)/t13-,14+/m1/s1. The molecular weight excluding hydrogens is 240 g/mol. The average Bonchev–Trinajstić information content (AvgIpc) is 2.44. The molecule has 1 aliphatic carbocycles. The highest BCUT2D eigenvalue weighted by Gasteiger charge is 2.25. The predicted octanol–water partition coefficient (Wildman–Crippen LogP) is 1.68. The van der Waals surface area contributed by atoms with Crippen LogP contribution in [0.3, 0.4) is 0 Å². The molecule has 1 aliphatic rings. The lowest BCUT2D eigenvalue weighted by Crippen LogP contribution is -2.35. The molecular formula is C15H22N2O2. The van der Waals surface area contributed by atoms with Gasteiger partial charge in [0.05, 0.1) is 6.10 Å². The predicted molar refractivity (Wildman–Crippen MR) is 73.5 cm³/mol. The van der Waals surface area contributed by atoms with Crippen molar-refractivity contribution in [2.45, 2.75) is 44.6 Å². The molecule has 4 heteroatoms. The molecule has 0 radical (unpaired) electrons. The van der Waals surface area contributed by atoms with Crippen LogP contribution in [0.1, 0.15) is 37.7 Å². The first-order chi connectivity index (χ1) is 9.25. The Balaban J connectivity index is 1.64. The number of hydrogen-bond acceptors (Lipinski definition) is 3. The molecule has 0 spiro atoms. The maximum Gasteiger partial charge on any atom is 0.223 e. The van der Waals surface area contributed by atoms with Crippen molar-refractivity contribution < 1.29 is 9.90 Å². The van der Waals surface area contributed by atoms with Crippen molar-refractivity contribution in [3.63, 3.8) is 0 Å². The molecule has 104 valence electrons. The highest BCUT2D eigenvalue weighted by atomic mass is 16.3. The van der Waals surface area contributed by atoms with Gasteiger partial charge in [0.15, 0.2) is 0 Å². The maximum absolute atomic E-state index is 11.9. The Labute approximate surface area is 114 Å². The van der Waals surface area contributed by atoms with E-state index in [0.29, 0.717) is 13.0 Å². The van der Waals surface area contributed by atoms with Crippen LogP contribution in [0.5, 0.6) is 0 Å². The Morgan fingerprint density at radius 2 is 2.37 bits per heavy atom. The van der Waals surface area contributed by atoms with E-state index in [2.05, 4.69) is 10.3 Å². The van der Waals surface area contributed by atoms with Crippen molar-refractivity contribution in [1.82, 2.24) is 10.3 Å². The Hall–Kier alpha value is -1.42. The molecule has 1 amide bonds. The van der Waals surface area contributed by atoms with Gasteiger partial charge in [0.1, 0.15) is 0 Å². The highest BCUT2D eigenvalue weighted by Crippen LogP contribution is 2.24. The molecule has 1 aromatic heterocycles. The molecule has 1 heterocycles. The van der Waals surface area contributed by atoms with E-state index in [1.165, 1.54) is 5.56 Å². The number of aliphatic hydroxyl groups is 1. The zero-order valence-corrected chi connectivity index (χ0v) is 11.2. The van der Waals surface area contributed by atoms with Crippen molar-refractivity contribution >= 4 is 5.91 Å². The largest absolute Gasteiger partial charge is 0.393 e. The summed E-state index contributed by atoms with van der Waals surface area (Å²) in [4.78, 5) is 16.0. The molecule has 1 saturated carbocycles. The van der Waals surface area contributed by atoms with Crippen molar-refractivity contribution in [1.29, 1.82) is 0 Å². The van der Waals surface area contributed by atoms with Gasteiger partial charge < -0.3 is 10.4 Å². The number of aryl methyl sites for hydroxylation is 1. The van der Waals surface area contributed by atoms with Crippen molar-refractivity contribution in [2.75, 3.05) is 6.54 Å². The van der Waals surface area contributed by atoms with E-state index in [0.717, 1.165) is 32.1 Å². The molecule has 0 bridgehead atoms. The SMILES string of the molecule is O=C(NCCCc1cccnc1)[C@@H]1CCC[C@H](O)C1. The minimum atomic E-state index is -0.292. The number of hydrogen-bond donors (Lipinski definition) is 2. The van der Waals surface area contributed by atoms with Crippen molar-refractivity contribution in [3.8, 4) is 0 Å². The number of carbonyl (C=O) groups is 1. The summed E-state index contributed by atoms with van der Waals surface area (Å²) in [5.41, 5.74) is 1.20. The van der Waals surface area contributed by atoms with E-state index >= 15 is 0 Å². The summed E-state index contributed by atoms with van der Waals surface area (Å²) in [7, 11) is 0. The summed E-state index contributed by atoms with van der Waals surface area (Å²) >= 11 is 0. The van der Waals surface area contributed by atoms with Crippen molar-refractivity contribution in [2.24, 2.45) is 5.92 Å². The van der Waals surface area contributed by atoms with Crippen molar-refractivity contribution in [3.05, 3.63) is 30.1 Å². The molecule has 0 saturated heterocycles.